The van der Waals surface area contributed by atoms with Crippen molar-refractivity contribution in [3.63, 3.8) is 0 Å². The lowest BCUT2D eigenvalue weighted by Crippen LogP contribution is -2.61. The third-order valence-corrected chi connectivity index (χ3v) is 3.30. The molecule has 2 aliphatic heterocycles. The Morgan fingerprint density at radius 3 is 2.69 bits per heavy atom. The summed E-state index contributed by atoms with van der Waals surface area (Å²) in [5.41, 5.74) is 0. The first-order chi connectivity index (χ1) is 6.24. The molecule has 2 rings (SSSR count). The van der Waals surface area contributed by atoms with Crippen LogP contribution in [0.15, 0.2) is 0 Å². The van der Waals surface area contributed by atoms with Crippen LogP contribution in [0, 0.1) is 0 Å². The quantitative estimate of drug-likeness (QED) is 0.549. The van der Waals surface area contributed by atoms with E-state index in [0.717, 1.165) is 11.5 Å². The van der Waals surface area contributed by atoms with E-state index < -0.39 is 6.03 Å². The number of thioether (sulfide) groups is 1. The van der Waals surface area contributed by atoms with E-state index in [4.69, 9.17) is 0 Å². The normalized spacial score (nSPS) is 29.1. The molecule has 2 aliphatic rings. The van der Waals surface area contributed by atoms with Crippen molar-refractivity contribution >= 4 is 23.7 Å². The third-order valence-electron chi connectivity index (χ3n) is 2.02. The molecule has 3 N–H and O–H groups in total. The van der Waals surface area contributed by atoms with Crippen LogP contribution in [-0.4, -0.2) is 35.7 Å². The first kappa shape index (κ1) is 8.83. The van der Waals surface area contributed by atoms with Crippen molar-refractivity contribution < 1.29 is 9.59 Å². The second-order valence-electron chi connectivity index (χ2n) is 3.18. The van der Waals surface area contributed by atoms with E-state index >= 15 is 0 Å². The van der Waals surface area contributed by atoms with Gasteiger partial charge in [-0.1, -0.05) is 0 Å². The van der Waals surface area contributed by atoms with Gasteiger partial charge in [-0.05, 0) is 0 Å². The molecular weight excluding hydrogens is 190 g/mol. The van der Waals surface area contributed by atoms with E-state index in [0.29, 0.717) is 12.5 Å². The fourth-order valence-electron chi connectivity index (χ4n) is 1.33. The Labute approximate surface area is 80.0 Å². The van der Waals surface area contributed by atoms with Gasteiger partial charge in [-0.3, -0.25) is 15.4 Å². The average molecular weight is 201 g/mol. The molecule has 0 bridgehead atoms. The molecule has 2 saturated heterocycles. The summed E-state index contributed by atoms with van der Waals surface area (Å²) in [6.07, 6.45) is 0.138. The lowest BCUT2D eigenvalue weighted by molar-refractivity contribution is -0.121. The molecule has 0 radical (unpaired) electrons. The number of hydrogen-bond acceptors (Lipinski definition) is 4. The summed E-state index contributed by atoms with van der Waals surface area (Å²) >= 11 is 1.86. The van der Waals surface area contributed by atoms with Gasteiger partial charge >= 0.3 is 6.03 Å². The van der Waals surface area contributed by atoms with Crippen LogP contribution >= 0.6 is 11.8 Å². The van der Waals surface area contributed by atoms with Crippen LogP contribution in [0.5, 0.6) is 0 Å². The Morgan fingerprint density at radius 2 is 2.15 bits per heavy atom. The summed E-state index contributed by atoms with van der Waals surface area (Å²) in [6.45, 7) is 0. The maximum absolute atomic E-state index is 11.0. The van der Waals surface area contributed by atoms with E-state index in [-0.39, 0.29) is 12.1 Å². The van der Waals surface area contributed by atoms with Gasteiger partial charge in [0, 0.05) is 17.5 Å². The predicted molar refractivity (Wildman–Crippen MR) is 49.3 cm³/mol. The number of carbonyl (C=O) groups excluding carboxylic acids is 2. The van der Waals surface area contributed by atoms with Gasteiger partial charge in [0.2, 0.25) is 5.91 Å². The van der Waals surface area contributed by atoms with Crippen molar-refractivity contribution in [1.29, 1.82) is 0 Å². The molecule has 2 fully saturated rings. The summed E-state index contributed by atoms with van der Waals surface area (Å²) in [6, 6.07) is 0.0435. The highest BCUT2D eigenvalue weighted by molar-refractivity contribution is 8.00. The van der Waals surface area contributed by atoms with Gasteiger partial charge in [0.15, 0.2) is 0 Å². The molecule has 0 spiro atoms. The number of imide groups is 1. The molecule has 2 heterocycles. The number of rotatable bonds is 2. The Kier molecular flexibility index (Phi) is 2.41. The van der Waals surface area contributed by atoms with Crippen LogP contribution in [0.4, 0.5) is 4.79 Å². The second kappa shape index (κ2) is 3.55. The minimum atomic E-state index is -0.402. The smallest absolute Gasteiger partial charge is 0.322 e. The SMILES string of the molecule is O=C1CC(NC2CSC2)NC(=O)N1. The second-order valence-corrected chi connectivity index (χ2v) is 4.25. The third kappa shape index (κ3) is 2.13. The lowest BCUT2D eigenvalue weighted by Gasteiger charge is -2.32. The molecule has 5 nitrogen and oxygen atoms in total. The molecule has 1 atom stereocenters. The minimum Gasteiger partial charge on any atom is -0.322 e. The number of nitrogens with one attached hydrogen (secondary N) is 3. The number of hydrogen-bond donors (Lipinski definition) is 3. The minimum absolute atomic E-state index is 0.188. The van der Waals surface area contributed by atoms with Gasteiger partial charge in [-0.15, -0.1) is 0 Å². The van der Waals surface area contributed by atoms with E-state index in [1.54, 1.807) is 0 Å². The molecule has 0 aromatic heterocycles. The molecule has 6 heteroatoms. The molecule has 3 amide bonds. The molecule has 0 aliphatic carbocycles. The van der Waals surface area contributed by atoms with Crippen LogP contribution in [0.3, 0.4) is 0 Å². The van der Waals surface area contributed by atoms with E-state index in [1.807, 2.05) is 11.8 Å². The van der Waals surface area contributed by atoms with Crippen molar-refractivity contribution in [2.24, 2.45) is 0 Å². The van der Waals surface area contributed by atoms with Gasteiger partial charge in [-0.2, -0.15) is 11.8 Å². The first-order valence-electron chi connectivity index (χ1n) is 4.18. The fourth-order valence-corrected chi connectivity index (χ4v) is 1.99. The lowest BCUT2D eigenvalue weighted by atomic mass is 10.2. The van der Waals surface area contributed by atoms with Crippen LogP contribution in [0.2, 0.25) is 0 Å². The van der Waals surface area contributed by atoms with Gasteiger partial charge in [-0.25, -0.2) is 4.79 Å². The van der Waals surface area contributed by atoms with Crippen molar-refractivity contribution in [3.8, 4) is 0 Å². The molecular formula is C7H11N3O2S. The zero-order valence-corrected chi connectivity index (χ0v) is 7.82. The molecule has 1 unspecified atom stereocenters. The van der Waals surface area contributed by atoms with Crippen molar-refractivity contribution in [2.45, 2.75) is 18.6 Å². The Morgan fingerprint density at radius 1 is 1.38 bits per heavy atom. The molecule has 0 aromatic carbocycles. The van der Waals surface area contributed by atoms with Crippen LogP contribution in [0.1, 0.15) is 6.42 Å². The fraction of sp³-hybridized carbons (Fsp3) is 0.714. The highest BCUT2D eigenvalue weighted by Crippen LogP contribution is 2.17. The van der Waals surface area contributed by atoms with E-state index in [9.17, 15) is 9.59 Å². The summed E-state index contributed by atoms with van der Waals surface area (Å²) in [7, 11) is 0. The van der Waals surface area contributed by atoms with Gasteiger partial charge in [0.25, 0.3) is 0 Å². The highest BCUT2D eigenvalue weighted by Gasteiger charge is 2.27. The summed E-state index contributed by atoms with van der Waals surface area (Å²) in [5.74, 6) is 1.91. The summed E-state index contributed by atoms with van der Waals surface area (Å²) in [5, 5.41) is 8.04. The highest BCUT2D eigenvalue weighted by atomic mass is 32.2. The van der Waals surface area contributed by atoms with Gasteiger partial charge in [0.1, 0.15) is 0 Å². The van der Waals surface area contributed by atoms with Crippen LogP contribution < -0.4 is 16.0 Å². The average Bonchev–Trinajstić information content (AvgIpc) is 1.95. The zero-order chi connectivity index (χ0) is 9.26. The standard InChI is InChI=1S/C7H11N3O2S/c11-6-1-5(9-7(12)10-6)8-4-2-13-3-4/h4-5,8H,1-3H2,(H2,9,10,11,12). The Balaban J connectivity index is 1.83. The Bertz CT molecular complexity index is 226. The summed E-state index contributed by atoms with van der Waals surface area (Å²) in [4.78, 5) is 21.8. The Hall–Kier alpha value is -0.750. The van der Waals surface area contributed by atoms with E-state index in [1.165, 1.54) is 0 Å². The largest absolute Gasteiger partial charge is 0.322 e. The van der Waals surface area contributed by atoms with E-state index in [2.05, 4.69) is 16.0 Å². The number of urea groups is 1. The van der Waals surface area contributed by atoms with Gasteiger partial charge < -0.3 is 5.32 Å². The van der Waals surface area contributed by atoms with Gasteiger partial charge in [0.05, 0.1) is 12.6 Å². The molecule has 0 aromatic rings. The molecule has 72 valence electrons. The van der Waals surface area contributed by atoms with Crippen molar-refractivity contribution in [1.82, 2.24) is 16.0 Å². The van der Waals surface area contributed by atoms with Crippen LogP contribution in [0.25, 0.3) is 0 Å². The predicted octanol–water partition coefficient (Wildman–Crippen LogP) is -0.753. The molecule has 13 heavy (non-hydrogen) atoms. The van der Waals surface area contributed by atoms with Crippen molar-refractivity contribution in [2.75, 3.05) is 11.5 Å². The monoisotopic (exact) mass is 201 g/mol. The first-order valence-corrected chi connectivity index (χ1v) is 5.33. The van der Waals surface area contributed by atoms with Crippen LogP contribution in [-0.2, 0) is 4.79 Å². The summed E-state index contributed by atoms with van der Waals surface area (Å²) < 4.78 is 0. The van der Waals surface area contributed by atoms with Crippen molar-refractivity contribution in [3.05, 3.63) is 0 Å². The maximum atomic E-state index is 11.0. The topological polar surface area (TPSA) is 70.2 Å². The number of amides is 3. The number of carbonyl (C=O) groups is 2. The molecule has 0 saturated carbocycles. The maximum Gasteiger partial charge on any atom is 0.322 e. The zero-order valence-electron chi connectivity index (χ0n) is 7.00.